The lowest BCUT2D eigenvalue weighted by Crippen LogP contribution is -2.32. The molecule has 0 atom stereocenters. The predicted octanol–water partition coefficient (Wildman–Crippen LogP) is 4.02. The first-order chi connectivity index (χ1) is 15.0. The number of nitrogens with one attached hydrogen (secondary N) is 2. The van der Waals surface area contributed by atoms with E-state index in [0.29, 0.717) is 34.4 Å². The molecule has 0 saturated carbocycles. The monoisotopic (exact) mass is 437 g/mol. The zero-order chi connectivity index (χ0) is 22.1. The molecule has 8 heteroatoms. The zero-order valence-electron chi connectivity index (χ0n) is 16.7. The number of nitrogens with zero attached hydrogens (tertiary/aromatic N) is 1. The highest BCUT2D eigenvalue weighted by atomic mass is 35.5. The van der Waals surface area contributed by atoms with Crippen molar-refractivity contribution in [2.75, 3.05) is 12.4 Å². The van der Waals surface area contributed by atoms with Crippen molar-refractivity contribution in [3.05, 3.63) is 88.9 Å². The van der Waals surface area contributed by atoms with E-state index < -0.39 is 11.8 Å². The Morgan fingerprint density at radius 3 is 2.48 bits per heavy atom. The second-order valence-electron chi connectivity index (χ2n) is 6.37. The van der Waals surface area contributed by atoms with Crippen LogP contribution in [0.15, 0.2) is 77.9 Å². The van der Waals surface area contributed by atoms with E-state index in [9.17, 15) is 9.59 Å². The van der Waals surface area contributed by atoms with Gasteiger partial charge in [0.2, 0.25) is 0 Å². The number of hydrogen-bond donors (Lipinski definition) is 2. The summed E-state index contributed by atoms with van der Waals surface area (Å²) in [4.78, 5) is 23.9. The van der Waals surface area contributed by atoms with E-state index in [2.05, 4.69) is 15.8 Å². The summed E-state index contributed by atoms with van der Waals surface area (Å²) in [6, 6.07) is 21.2. The molecule has 0 bridgehead atoms. The first-order valence-corrected chi connectivity index (χ1v) is 9.67. The van der Waals surface area contributed by atoms with Crippen LogP contribution < -0.4 is 20.2 Å². The van der Waals surface area contributed by atoms with E-state index in [-0.39, 0.29) is 0 Å². The molecule has 0 aliphatic heterocycles. The van der Waals surface area contributed by atoms with Crippen LogP contribution in [0.4, 0.5) is 5.69 Å². The highest BCUT2D eigenvalue weighted by molar-refractivity contribution is 6.39. The van der Waals surface area contributed by atoms with E-state index in [1.54, 1.807) is 54.6 Å². The van der Waals surface area contributed by atoms with Gasteiger partial charge in [-0.1, -0.05) is 41.9 Å². The summed E-state index contributed by atoms with van der Waals surface area (Å²) in [5, 5.41) is 6.97. The molecule has 3 rings (SSSR count). The predicted molar refractivity (Wildman–Crippen MR) is 120 cm³/mol. The number of amides is 2. The molecule has 0 aliphatic rings. The van der Waals surface area contributed by atoms with Gasteiger partial charge in [0.05, 0.1) is 13.3 Å². The number of ether oxygens (including phenoxy) is 2. The Balaban J connectivity index is 1.51. The van der Waals surface area contributed by atoms with Crippen molar-refractivity contribution in [1.82, 2.24) is 5.43 Å². The molecule has 0 radical (unpaired) electrons. The fourth-order valence-electron chi connectivity index (χ4n) is 2.54. The van der Waals surface area contributed by atoms with Gasteiger partial charge < -0.3 is 14.8 Å². The molecule has 31 heavy (non-hydrogen) atoms. The maximum absolute atomic E-state index is 12.0. The minimum atomic E-state index is -0.894. The first kappa shape index (κ1) is 21.9. The molecule has 0 aromatic heterocycles. The van der Waals surface area contributed by atoms with Gasteiger partial charge in [0.1, 0.15) is 18.1 Å². The second-order valence-corrected chi connectivity index (χ2v) is 6.81. The molecule has 158 valence electrons. The van der Waals surface area contributed by atoms with Crippen molar-refractivity contribution >= 4 is 35.3 Å². The number of carbonyl (C=O) groups excluding carboxylic acids is 2. The molecule has 2 amide bonds. The van der Waals surface area contributed by atoms with Gasteiger partial charge in [0.25, 0.3) is 0 Å². The van der Waals surface area contributed by atoms with Crippen LogP contribution in [0.3, 0.4) is 0 Å². The third-order valence-corrected chi connectivity index (χ3v) is 4.34. The van der Waals surface area contributed by atoms with Gasteiger partial charge >= 0.3 is 11.8 Å². The third-order valence-electron chi connectivity index (χ3n) is 4.09. The number of hydrogen-bond acceptors (Lipinski definition) is 5. The van der Waals surface area contributed by atoms with E-state index in [1.807, 2.05) is 18.2 Å². The standard InChI is InChI=1S/C23H20ClN3O4/c1-30-20-6-3-5-19(13-20)26-22(28)23(29)27-25-14-17-4-2-7-21(12-17)31-15-16-8-10-18(24)11-9-16/h2-14H,15H2,1H3,(H,26,28)(H,27,29)/b25-14-. The molecular formula is C23H20ClN3O4. The highest BCUT2D eigenvalue weighted by Crippen LogP contribution is 2.17. The van der Waals surface area contributed by atoms with Gasteiger partial charge in [0.15, 0.2) is 0 Å². The van der Waals surface area contributed by atoms with Crippen LogP contribution in [0.2, 0.25) is 5.02 Å². The van der Waals surface area contributed by atoms with Crippen LogP contribution in [0.1, 0.15) is 11.1 Å². The molecule has 7 nitrogen and oxygen atoms in total. The largest absolute Gasteiger partial charge is 0.497 e. The van der Waals surface area contributed by atoms with Gasteiger partial charge in [-0.15, -0.1) is 0 Å². The van der Waals surface area contributed by atoms with E-state index >= 15 is 0 Å². The van der Waals surface area contributed by atoms with Gasteiger partial charge in [-0.2, -0.15) is 5.10 Å². The van der Waals surface area contributed by atoms with Crippen molar-refractivity contribution in [1.29, 1.82) is 0 Å². The van der Waals surface area contributed by atoms with Gasteiger partial charge in [-0.25, -0.2) is 5.43 Å². The number of halogens is 1. The van der Waals surface area contributed by atoms with Crippen LogP contribution in [0, 0.1) is 0 Å². The van der Waals surface area contributed by atoms with Crippen LogP contribution in [0.25, 0.3) is 0 Å². The molecular weight excluding hydrogens is 418 g/mol. The van der Waals surface area contributed by atoms with Crippen molar-refractivity contribution < 1.29 is 19.1 Å². The maximum atomic E-state index is 12.0. The minimum Gasteiger partial charge on any atom is -0.497 e. The lowest BCUT2D eigenvalue weighted by Gasteiger charge is -2.07. The molecule has 3 aromatic carbocycles. The van der Waals surface area contributed by atoms with Crippen molar-refractivity contribution in [3.8, 4) is 11.5 Å². The summed E-state index contributed by atoms with van der Waals surface area (Å²) in [7, 11) is 1.51. The SMILES string of the molecule is COc1cccc(NC(=O)C(=O)N/N=C\c2cccc(OCc3ccc(Cl)cc3)c2)c1. The molecule has 2 N–H and O–H groups in total. The molecule has 0 spiro atoms. The first-order valence-electron chi connectivity index (χ1n) is 9.29. The Morgan fingerprint density at radius 2 is 1.71 bits per heavy atom. The quantitative estimate of drug-likeness (QED) is 0.332. The number of anilines is 1. The second kappa shape index (κ2) is 10.8. The Labute approximate surface area is 184 Å². The maximum Gasteiger partial charge on any atom is 0.329 e. The van der Waals surface area contributed by atoms with E-state index in [4.69, 9.17) is 21.1 Å². The summed E-state index contributed by atoms with van der Waals surface area (Å²) in [6.07, 6.45) is 1.42. The zero-order valence-corrected chi connectivity index (χ0v) is 17.4. The fourth-order valence-corrected chi connectivity index (χ4v) is 2.66. The topological polar surface area (TPSA) is 89.0 Å². The third kappa shape index (κ3) is 6.87. The Bertz CT molecular complexity index is 1080. The van der Waals surface area contributed by atoms with E-state index in [0.717, 1.165) is 5.56 Å². The average molecular weight is 438 g/mol. The smallest absolute Gasteiger partial charge is 0.329 e. The molecule has 0 heterocycles. The van der Waals surface area contributed by atoms with Gasteiger partial charge in [-0.3, -0.25) is 9.59 Å². The normalized spacial score (nSPS) is 10.5. The Morgan fingerprint density at radius 1 is 0.968 bits per heavy atom. The summed E-state index contributed by atoms with van der Waals surface area (Å²) in [6.45, 7) is 0.388. The number of methoxy groups -OCH3 is 1. The fraction of sp³-hybridized carbons (Fsp3) is 0.0870. The summed E-state index contributed by atoms with van der Waals surface area (Å²) in [5.74, 6) is -0.532. The summed E-state index contributed by atoms with van der Waals surface area (Å²) >= 11 is 5.88. The van der Waals surface area contributed by atoms with Crippen LogP contribution in [-0.2, 0) is 16.2 Å². The number of benzene rings is 3. The lowest BCUT2D eigenvalue weighted by atomic mass is 10.2. The highest BCUT2D eigenvalue weighted by Gasteiger charge is 2.13. The van der Waals surface area contributed by atoms with Crippen LogP contribution >= 0.6 is 11.6 Å². The van der Waals surface area contributed by atoms with Gasteiger partial charge in [-0.05, 0) is 47.5 Å². The van der Waals surface area contributed by atoms with Gasteiger partial charge in [0, 0.05) is 16.8 Å². The molecule has 0 saturated heterocycles. The molecule has 0 unspecified atom stereocenters. The van der Waals surface area contributed by atoms with E-state index in [1.165, 1.54) is 13.3 Å². The van der Waals surface area contributed by atoms with Crippen molar-refractivity contribution in [2.24, 2.45) is 5.10 Å². The van der Waals surface area contributed by atoms with Crippen LogP contribution in [-0.4, -0.2) is 25.1 Å². The average Bonchev–Trinajstić information content (AvgIpc) is 2.79. The van der Waals surface area contributed by atoms with Crippen LogP contribution in [0.5, 0.6) is 11.5 Å². The lowest BCUT2D eigenvalue weighted by molar-refractivity contribution is -0.136. The molecule has 3 aromatic rings. The summed E-state index contributed by atoms with van der Waals surface area (Å²) < 4.78 is 10.8. The number of hydrazone groups is 1. The number of rotatable bonds is 7. The van der Waals surface area contributed by atoms with Crippen molar-refractivity contribution in [2.45, 2.75) is 6.61 Å². The molecule has 0 aliphatic carbocycles. The number of carbonyl (C=O) groups is 2. The molecule has 0 fully saturated rings. The Hall–Kier alpha value is -3.84. The summed E-state index contributed by atoms with van der Waals surface area (Å²) in [5.41, 5.74) is 4.32. The van der Waals surface area contributed by atoms with Crippen molar-refractivity contribution in [3.63, 3.8) is 0 Å². The Kier molecular flexibility index (Phi) is 7.61. The minimum absolute atomic E-state index is 0.388.